The van der Waals surface area contributed by atoms with Gasteiger partial charge < -0.3 is 10.5 Å². The maximum atomic E-state index is 6.16. The Morgan fingerprint density at radius 3 is 2.90 bits per heavy atom. The summed E-state index contributed by atoms with van der Waals surface area (Å²) in [5.41, 5.74) is 7.41. The van der Waals surface area contributed by atoms with Crippen molar-refractivity contribution in [2.45, 2.75) is 25.8 Å². The third-order valence-electron chi connectivity index (χ3n) is 4.65. The zero-order valence-corrected chi connectivity index (χ0v) is 12.9. The number of fused-ring (bicyclic) bond motifs is 1. The molecule has 3 rings (SSSR count). The molecule has 1 heterocycles. The molecule has 112 valence electrons. The van der Waals surface area contributed by atoms with Gasteiger partial charge in [0.05, 0.1) is 0 Å². The highest BCUT2D eigenvalue weighted by Gasteiger charge is 2.40. The van der Waals surface area contributed by atoms with Gasteiger partial charge in [0, 0.05) is 25.7 Å². The number of halogens is 1. The number of rotatable bonds is 4. The number of hydrogen-bond donors (Lipinski definition) is 1. The van der Waals surface area contributed by atoms with Crippen LogP contribution in [0.2, 0.25) is 0 Å². The molecule has 1 saturated heterocycles. The van der Waals surface area contributed by atoms with Gasteiger partial charge in [-0.1, -0.05) is 12.1 Å². The molecular formula is C16H25ClN2O. The van der Waals surface area contributed by atoms with Crippen LogP contribution < -0.4 is 10.5 Å². The van der Waals surface area contributed by atoms with Crippen molar-refractivity contribution < 1.29 is 4.74 Å². The second-order valence-electron chi connectivity index (χ2n) is 6.09. The van der Waals surface area contributed by atoms with E-state index in [0.29, 0.717) is 6.04 Å². The van der Waals surface area contributed by atoms with E-state index in [9.17, 15) is 0 Å². The van der Waals surface area contributed by atoms with Crippen LogP contribution in [0.3, 0.4) is 0 Å². The zero-order chi connectivity index (χ0) is 13.2. The summed E-state index contributed by atoms with van der Waals surface area (Å²) in [5, 5.41) is 0. The van der Waals surface area contributed by atoms with Crippen LogP contribution in [0.1, 0.15) is 18.4 Å². The van der Waals surface area contributed by atoms with E-state index in [1.807, 2.05) is 12.1 Å². The second-order valence-corrected chi connectivity index (χ2v) is 6.09. The van der Waals surface area contributed by atoms with Gasteiger partial charge >= 0.3 is 0 Å². The summed E-state index contributed by atoms with van der Waals surface area (Å²) in [6.45, 7) is 6.28. The highest BCUT2D eigenvalue weighted by molar-refractivity contribution is 5.85. The van der Waals surface area contributed by atoms with Crippen LogP contribution in [-0.2, 0) is 0 Å². The Balaban J connectivity index is 0.00000147. The van der Waals surface area contributed by atoms with Crippen LogP contribution >= 0.6 is 12.4 Å². The predicted octanol–water partition coefficient (Wildman–Crippen LogP) is 2.46. The predicted molar refractivity (Wildman–Crippen MR) is 84.6 cm³/mol. The monoisotopic (exact) mass is 296 g/mol. The first-order valence-electron chi connectivity index (χ1n) is 7.40. The molecule has 20 heavy (non-hydrogen) atoms. The van der Waals surface area contributed by atoms with Gasteiger partial charge in [-0.3, -0.25) is 4.90 Å². The number of benzene rings is 1. The molecule has 0 amide bonds. The summed E-state index contributed by atoms with van der Waals surface area (Å²) in [6.07, 6.45) is 2.55. The lowest BCUT2D eigenvalue weighted by molar-refractivity contribution is 0.225. The van der Waals surface area contributed by atoms with E-state index >= 15 is 0 Å². The van der Waals surface area contributed by atoms with E-state index in [0.717, 1.165) is 30.7 Å². The van der Waals surface area contributed by atoms with Crippen molar-refractivity contribution in [2.75, 3.05) is 26.2 Å². The number of hydrogen-bond acceptors (Lipinski definition) is 3. The second kappa shape index (κ2) is 6.79. The molecule has 1 saturated carbocycles. The summed E-state index contributed by atoms with van der Waals surface area (Å²) in [4.78, 5) is 2.52. The lowest BCUT2D eigenvalue weighted by atomic mass is 9.98. The largest absolute Gasteiger partial charge is 0.492 e. The minimum Gasteiger partial charge on any atom is -0.492 e. The van der Waals surface area contributed by atoms with E-state index < -0.39 is 0 Å². The Morgan fingerprint density at radius 1 is 1.30 bits per heavy atom. The van der Waals surface area contributed by atoms with Crippen molar-refractivity contribution in [3.8, 4) is 5.75 Å². The number of nitrogens with zero attached hydrogens (tertiary/aromatic N) is 1. The third kappa shape index (κ3) is 3.46. The average Bonchev–Trinajstić information content (AvgIpc) is 2.92. The molecule has 1 aromatic carbocycles. The van der Waals surface area contributed by atoms with E-state index in [1.165, 1.54) is 31.5 Å². The Bertz CT molecular complexity index is 440. The SMILES string of the molecule is Cc1cccc(OCCN2CC3CCC(N)C3C2)c1.Cl. The standard InChI is InChI=1S/C16H24N2O.ClH/c1-12-3-2-4-14(9-12)19-8-7-18-10-13-5-6-16(17)15(13)11-18;/h2-4,9,13,15-16H,5-8,10-11,17H2,1H3;1H. The quantitative estimate of drug-likeness (QED) is 0.927. The lowest BCUT2D eigenvalue weighted by Gasteiger charge is -2.18. The number of ether oxygens (including phenoxy) is 1. The number of aryl methyl sites for hydroxylation is 1. The zero-order valence-electron chi connectivity index (χ0n) is 12.1. The summed E-state index contributed by atoms with van der Waals surface area (Å²) in [6, 6.07) is 8.70. The molecule has 1 aromatic rings. The van der Waals surface area contributed by atoms with E-state index in [-0.39, 0.29) is 12.4 Å². The van der Waals surface area contributed by atoms with E-state index in [2.05, 4.69) is 24.0 Å². The van der Waals surface area contributed by atoms with Crippen LogP contribution in [0, 0.1) is 18.8 Å². The fraction of sp³-hybridized carbons (Fsp3) is 0.625. The molecule has 3 unspecified atom stereocenters. The first-order chi connectivity index (χ1) is 9.22. The highest BCUT2D eigenvalue weighted by Crippen LogP contribution is 2.36. The van der Waals surface area contributed by atoms with Crippen LogP contribution in [0.15, 0.2) is 24.3 Å². The molecule has 1 aliphatic carbocycles. The van der Waals surface area contributed by atoms with Gasteiger partial charge in [-0.25, -0.2) is 0 Å². The van der Waals surface area contributed by atoms with Crippen molar-refractivity contribution in [1.29, 1.82) is 0 Å². The van der Waals surface area contributed by atoms with Crippen molar-refractivity contribution in [3.05, 3.63) is 29.8 Å². The Kier molecular flexibility index (Phi) is 5.30. The van der Waals surface area contributed by atoms with Crippen LogP contribution in [0.4, 0.5) is 0 Å². The molecule has 0 aromatic heterocycles. The van der Waals surface area contributed by atoms with Gasteiger partial charge in [0.1, 0.15) is 12.4 Å². The summed E-state index contributed by atoms with van der Waals surface area (Å²) in [5.74, 6) is 2.56. The van der Waals surface area contributed by atoms with Crippen molar-refractivity contribution in [3.63, 3.8) is 0 Å². The molecule has 4 heteroatoms. The smallest absolute Gasteiger partial charge is 0.119 e. The normalized spacial score (nSPS) is 29.0. The maximum Gasteiger partial charge on any atom is 0.119 e. The fourth-order valence-corrected chi connectivity index (χ4v) is 3.58. The van der Waals surface area contributed by atoms with Gasteiger partial charge in [0.25, 0.3) is 0 Å². The van der Waals surface area contributed by atoms with Crippen LogP contribution in [-0.4, -0.2) is 37.2 Å². The van der Waals surface area contributed by atoms with Crippen molar-refractivity contribution >= 4 is 12.4 Å². The first-order valence-corrected chi connectivity index (χ1v) is 7.40. The molecule has 0 bridgehead atoms. The van der Waals surface area contributed by atoms with Gasteiger partial charge in [0.15, 0.2) is 0 Å². The third-order valence-corrected chi connectivity index (χ3v) is 4.65. The Labute approximate surface area is 127 Å². The first kappa shape index (κ1) is 15.6. The van der Waals surface area contributed by atoms with Gasteiger partial charge in [-0.05, 0) is 49.3 Å². The molecule has 1 aliphatic heterocycles. The number of nitrogens with two attached hydrogens (primary N) is 1. The Morgan fingerprint density at radius 2 is 2.15 bits per heavy atom. The summed E-state index contributed by atoms with van der Waals surface area (Å²) < 4.78 is 5.82. The Hall–Kier alpha value is -0.770. The van der Waals surface area contributed by atoms with Crippen molar-refractivity contribution in [2.24, 2.45) is 17.6 Å². The molecule has 0 spiro atoms. The highest BCUT2D eigenvalue weighted by atomic mass is 35.5. The minimum absolute atomic E-state index is 0. The summed E-state index contributed by atoms with van der Waals surface area (Å²) >= 11 is 0. The maximum absolute atomic E-state index is 6.16. The summed E-state index contributed by atoms with van der Waals surface area (Å²) in [7, 11) is 0. The van der Waals surface area contributed by atoms with Gasteiger partial charge in [-0.15, -0.1) is 12.4 Å². The molecule has 2 fully saturated rings. The molecule has 3 atom stereocenters. The topological polar surface area (TPSA) is 38.5 Å². The van der Waals surface area contributed by atoms with Gasteiger partial charge in [0.2, 0.25) is 0 Å². The van der Waals surface area contributed by atoms with Gasteiger partial charge in [-0.2, -0.15) is 0 Å². The molecule has 3 nitrogen and oxygen atoms in total. The number of likely N-dealkylation sites (tertiary alicyclic amines) is 1. The van der Waals surface area contributed by atoms with Crippen molar-refractivity contribution in [1.82, 2.24) is 4.90 Å². The molecule has 2 N–H and O–H groups in total. The van der Waals surface area contributed by atoms with Crippen LogP contribution in [0.25, 0.3) is 0 Å². The minimum atomic E-state index is 0. The fourth-order valence-electron chi connectivity index (χ4n) is 3.58. The molecular weight excluding hydrogens is 272 g/mol. The lowest BCUT2D eigenvalue weighted by Crippen LogP contribution is -2.32. The van der Waals surface area contributed by atoms with E-state index in [4.69, 9.17) is 10.5 Å². The molecule has 0 radical (unpaired) electrons. The van der Waals surface area contributed by atoms with E-state index in [1.54, 1.807) is 0 Å². The van der Waals surface area contributed by atoms with Crippen LogP contribution in [0.5, 0.6) is 5.75 Å². The average molecular weight is 297 g/mol. The molecule has 2 aliphatic rings.